The van der Waals surface area contributed by atoms with Crippen molar-refractivity contribution in [1.29, 1.82) is 0 Å². The van der Waals surface area contributed by atoms with Crippen LogP contribution >= 0.6 is 11.6 Å². The Kier molecular flexibility index (Phi) is 7.66. The third-order valence-electron chi connectivity index (χ3n) is 2.61. The summed E-state index contributed by atoms with van der Waals surface area (Å²) >= 11 is 5.80. The van der Waals surface area contributed by atoms with E-state index in [1.165, 1.54) is 19.3 Å². The van der Waals surface area contributed by atoms with E-state index in [-0.39, 0.29) is 0 Å². The minimum atomic E-state index is 0.321. The normalized spacial score (nSPS) is 14.4. The molecule has 0 radical (unpaired) electrons. The van der Waals surface area contributed by atoms with Crippen molar-refractivity contribution in [3.05, 3.63) is 0 Å². The Morgan fingerprint density at radius 2 is 1.86 bits per heavy atom. The highest BCUT2D eigenvalue weighted by Gasteiger charge is 2.22. The molecule has 1 atom stereocenters. The van der Waals surface area contributed by atoms with Gasteiger partial charge in [-0.2, -0.15) is 0 Å². The molecule has 0 spiro atoms. The molecule has 0 saturated carbocycles. The quantitative estimate of drug-likeness (QED) is 0.507. The van der Waals surface area contributed by atoms with E-state index < -0.39 is 0 Å². The fourth-order valence-corrected chi connectivity index (χ4v) is 1.82. The standard InChI is InChI=1S/C12H26ClN/c1-5-6-7-10-14-11(8-9-13)12(2,3)4/h11,14H,5-10H2,1-4H3. The van der Waals surface area contributed by atoms with Gasteiger partial charge in [0.1, 0.15) is 0 Å². The summed E-state index contributed by atoms with van der Waals surface area (Å²) in [6.07, 6.45) is 4.96. The van der Waals surface area contributed by atoms with Crippen LogP contribution in [0.4, 0.5) is 0 Å². The Bertz CT molecular complexity index is 129. The molecular weight excluding hydrogens is 194 g/mol. The first-order chi connectivity index (χ1) is 6.52. The molecule has 0 bridgehead atoms. The molecule has 0 fully saturated rings. The molecule has 0 aromatic heterocycles. The number of rotatable bonds is 7. The van der Waals surface area contributed by atoms with Crippen molar-refractivity contribution in [2.24, 2.45) is 5.41 Å². The molecule has 0 aromatic rings. The molecular formula is C12H26ClN. The van der Waals surface area contributed by atoms with Gasteiger partial charge in [-0.05, 0) is 24.8 Å². The summed E-state index contributed by atoms with van der Waals surface area (Å²) in [6, 6.07) is 0.553. The molecule has 0 saturated heterocycles. The fraction of sp³-hybridized carbons (Fsp3) is 1.00. The molecule has 0 aliphatic rings. The molecule has 0 aliphatic heterocycles. The van der Waals surface area contributed by atoms with Crippen molar-refractivity contribution >= 4 is 11.6 Å². The van der Waals surface area contributed by atoms with E-state index in [0.717, 1.165) is 18.8 Å². The van der Waals surface area contributed by atoms with Gasteiger partial charge in [0.05, 0.1) is 0 Å². The maximum atomic E-state index is 5.80. The highest BCUT2D eigenvalue weighted by atomic mass is 35.5. The van der Waals surface area contributed by atoms with Gasteiger partial charge >= 0.3 is 0 Å². The predicted octanol–water partition coefficient (Wildman–Crippen LogP) is 3.81. The van der Waals surface area contributed by atoms with Crippen molar-refractivity contribution < 1.29 is 0 Å². The van der Waals surface area contributed by atoms with Crippen LogP contribution < -0.4 is 5.32 Å². The Morgan fingerprint density at radius 3 is 2.29 bits per heavy atom. The van der Waals surface area contributed by atoms with Gasteiger partial charge in [0.25, 0.3) is 0 Å². The number of nitrogens with one attached hydrogen (secondary N) is 1. The van der Waals surface area contributed by atoms with Crippen LogP contribution in [0.2, 0.25) is 0 Å². The summed E-state index contributed by atoms with van der Waals surface area (Å²) in [5.41, 5.74) is 0.321. The molecule has 14 heavy (non-hydrogen) atoms. The number of unbranched alkanes of at least 4 members (excludes halogenated alkanes) is 2. The third kappa shape index (κ3) is 6.67. The molecule has 0 heterocycles. The van der Waals surface area contributed by atoms with E-state index in [2.05, 4.69) is 33.0 Å². The zero-order valence-electron chi connectivity index (χ0n) is 10.2. The Labute approximate surface area is 94.6 Å². The monoisotopic (exact) mass is 219 g/mol. The van der Waals surface area contributed by atoms with Crippen molar-refractivity contribution in [1.82, 2.24) is 5.32 Å². The first kappa shape index (κ1) is 14.2. The van der Waals surface area contributed by atoms with Gasteiger partial charge in [0.15, 0.2) is 0 Å². The third-order valence-corrected chi connectivity index (χ3v) is 2.83. The SMILES string of the molecule is CCCCCNC(CCCl)C(C)(C)C. The topological polar surface area (TPSA) is 12.0 Å². The smallest absolute Gasteiger partial charge is 0.0238 e. The second kappa shape index (κ2) is 7.53. The number of hydrogen-bond donors (Lipinski definition) is 1. The summed E-state index contributed by atoms with van der Waals surface area (Å²) < 4.78 is 0. The second-order valence-electron chi connectivity index (χ2n) is 5.06. The average molecular weight is 220 g/mol. The number of hydrogen-bond acceptors (Lipinski definition) is 1. The predicted molar refractivity (Wildman–Crippen MR) is 66.1 cm³/mol. The zero-order chi connectivity index (χ0) is 11.0. The Hall–Kier alpha value is 0.250. The van der Waals surface area contributed by atoms with E-state index in [1.807, 2.05) is 0 Å². The first-order valence-electron chi connectivity index (χ1n) is 5.81. The van der Waals surface area contributed by atoms with Gasteiger partial charge in [-0.15, -0.1) is 11.6 Å². The largest absolute Gasteiger partial charge is 0.313 e. The summed E-state index contributed by atoms with van der Waals surface area (Å²) in [5.74, 6) is 0.753. The molecule has 1 nitrogen and oxygen atoms in total. The van der Waals surface area contributed by atoms with Crippen LogP contribution in [0.25, 0.3) is 0 Å². The first-order valence-corrected chi connectivity index (χ1v) is 6.35. The lowest BCUT2D eigenvalue weighted by Gasteiger charge is -2.31. The van der Waals surface area contributed by atoms with Crippen LogP contribution in [0.3, 0.4) is 0 Å². The van der Waals surface area contributed by atoms with Gasteiger partial charge < -0.3 is 5.32 Å². The van der Waals surface area contributed by atoms with Gasteiger partial charge in [-0.1, -0.05) is 40.5 Å². The fourth-order valence-electron chi connectivity index (χ4n) is 1.60. The summed E-state index contributed by atoms with van der Waals surface area (Å²) in [7, 11) is 0. The van der Waals surface area contributed by atoms with E-state index in [1.54, 1.807) is 0 Å². The van der Waals surface area contributed by atoms with E-state index >= 15 is 0 Å². The minimum absolute atomic E-state index is 0.321. The van der Waals surface area contributed by atoms with Crippen molar-refractivity contribution in [2.75, 3.05) is 12.4 Å². The van der Waals surface area contributed by atoms with Crippen molar-refractivity contribution in [3.63, 3.8) is 0 Å². The molecule has 1 unspecified atom stereocenters. The number of alkyl halides is 1. The second-order valence-corrected chi connectivity index (χ2v) is 5.44. The minimum Gasteiger partial charge on any atom is -0.313 e. The van der Waals surface area contributed by atoms with Gasteiger partial charge in [-0.25, -0.2) is 0 Å². The molecule has 1 N–H and O–H groups in total. The van der Waals surface area contributed by atoms with Crippen LogP contribution in [0, 0.1) is 5.41 Å². The molecule has 0 aliphatic carbocycles. The lowest BCUT2D eigenvalue weighted by Crippen LogP contribution is -2.41. The molecule has 0 rings (SSSR count). The molecule has 0 aromatic carbocycles. The van der Waals surface area contributed by atoms with Crippen LogP contribution in [0.5, 0.6) is 0 Å². The average Bonchev–Trinajstić information content (AvgIpc) is 2.08. The Balaban J connectivity index is 3.74. The number of halogens is 1. The molecule has 0 amide bonds. The molecule has 86 valence electrons. The highest BCUT2D eigenvalue weighted by molar-refractivity contribution is 6.17. The summed E-state index contributed by atoms with van der Waals surface area (Å²) in [4.78, 5) is 0. The summed E-state index contributed by atoms with van der Waals surface area (Å²) in [6.45, 7) is 10.2. The van der Waals surface area contributed by atoms with E-state index in [0.29, 0.717) is 11.5 Å². The van der Waals surface area contributed by atoms with Crippen LogP contribution in [0.1, 0.15) is 53.4 Å². The van der Waals surface area contributed by atoms with Gasteiger partial charge in [0.2, 0.25) is 0 Å². The lowest BCUT2D eigenvalue weighted by atomic mass is 9.85. The maximum absolute atomic E-state index is 5.80. The maximum Gasteiger partial charge on any atom is 0.0238 e. The highest BCUT2D eigenvalue weighted by Crippen LogP contribution is 2.22. The van der Waals surface area contributed by atoms with Crippen molar-refractivity contribution in [3.8, 4) is 0 Å². The molecule has 2 heteroatoms. The van der Waals surface area contributed by atoms with Crippen molar-refractivity contribution in [2.45, 2.75) is 59.4 Å². The summed E-state index contributed by atoms with van der Waals surface area (Å²) in [5, 5.41) is 3.61. The van der Waals surface area contributed by atoms with Crippen LogP contribution in [0.15, 0.2) is 0 Å². The zero-order valence-corrected chi connectivity index (χ0v) is 11.0. The van der Waals surface area contributed by atoms with Gasteiger partial charge in [0, 0.05) is 11.9 Å². The van der Waals surface area contributed by atoms with E-state index in [4.69, 9.17) is 11.6 Å². The van der Waals surface area contributed by atoms with Gasteiger partial charge in [-0.3, -0.25) is 0 Å². The van der Waals surface area contributed by atoms with E-state index in [9.17, 15) is 0 Å². The van der Waals surface area contributed by atoms with Crippen LogP contribution in [-0.2, 0) is 0 Å². The van der Waals surface area contributed by atoms with Crippen LogP contribution in [-0.4, -0.2) is 18.5 Å². The Morgan fingerprint density at radius 1 is 1.21 bits per heavy atom. The lowest BCUT2D eigenvalue weighted by molar-refractivity contribution is 0.261.